The van der Waals surface area contributed by atoms with Crippen LogP contribution in [0.15, 0.2) is 29.2 Å². The summed E-state index contributed by atoms with van der Waals surface area (Å²) in [4.78, 5) is 40.2. The number of piperidine rings is 1. The van der Waals surface area contributed by atoms with Gasteiger partial charge in [-0.25, -0.2) is 0 Å². The van der Waals surface area contributed by atoms with Crippen LogP contribution in [0.4, 0.5) is 4.79 Å². The Balaban J connectivity index is 1.70. The van der Waals surface area contributed by atoms with Crippen LogP contribution < -0.4 is 0 Å². The van der Waals surface area contributed by atoms with Crippen molar-refractivity contribution < 1.29 is 19.5 Å². The van der Waals surface area contributed by atoms with Crippen LogP contribution in [-0.4, -0.2) is 51.1 Å². The van der Waals surface area contributed by atoms with Crippen molar-refractivity contribution in [1.82, 2.24) is 9.80 Å². The number of rotatable bonds is 3. The number of nitrogens with zero attached hydrogens (tertiary/aromatic N) is 2. The zero-order valence-corrected chi connectivity index (χ0v) is 14.8. The zero-order chi connectivity index (χ0) is 18.0. The molecule has 0 aliphatic carbocycles. The number of thioether (sulfide) groups is 1. The van der Waals surface area contributed by atoms with Gasteiger partial charge in [0.15, 0.2) is 0 Å². The number of aromatic hydroxyl groups is 1. The molecular weight excluding hydrogens is 340 g/mol. The lowest BCUT2D eigenvalue weighted by Crippen LogP contribution is -2.47. The summed E-state index contributed by atoms with van der Waals surface area (Å²) < 4.78 is 0. The average Bonchev–Trinajstić information content (AvgIpc) is 2.85. The fraction of sp³-hybridized carbons (Fsp3) is 0.389. The van der Waals surface area contributed by atoms with E-state index in [1.807, 2.05) is 6.92 Å². The zero-order valence-electron chi connectivity index (χ0n) is 14.0. The van der Waals surface area contributed by atoms with Crippen molar-refractivity contribution in [2.45, 2.75) is 32.2 Å². The Bertz CT molecular complexity index is 729. The number of likely N-dealkylation sites (tertiary alicyclic amines) is 1. The minimum Gasteiger partial charge on any atom is -0.508 e. The van der Waals surface area contributed by atoms with E-state index in [1.165, 1.54) is 12.1 Å². The molecule has 2 fully saturated rings. The normalized spacial score (nSPS) is 22.8. The van der Waals surface area contributed by atoms with Gasteiger partial charge in [0.1, 0.15) is 12.3 Å². The Morgan fingerprint density at radius 3 is 2.68 bits per heavy atom. The van der Waals surface area contributed by atoms with E-state index in [0.717, 1.165) is 35.9 Å². The van der Waals surface area contributed by atoms with Crippen LogP contribution >= 0.6 is 11.8 Å². The summed E-state index contributed by atoms with van der Waals surface area (Å²) in [5.74, 6) is -0.493. The van der Waals surface area contributed by atoms with E-state index >= 15 is 0 Å². The molecule has 0 radical (unpaired) electrons. The van der Waals surface area contributed by atoms with Crippen LogP contribution in [0, 0.1) is 0 Å². The van der Waals surface area contributed by atoms with Gasteiger partial charge in [0.05, 0.1) is 4.91 Å². The summed E-state index contributed by atoms with van der Waals surface area (Å²) in [6.07, 6.45) is 4.60. The summed E-state index contributed by atoms with van der Waals surface area (Å²) in [6.45, 7) is 2.47. The van der Waals surface area contributed by atoms with Crippen molar-refractivity contribution in [3.05, 3.63) is 34.7 Å². The first-order valence-corrected chi connectivity index (χ1v) is 9.11. The smallest absolute Gasteiger partial charge is 0.294 e. The van der Waals surface area contributed by atoms with Gasteiger partial charge in [-0.2, -0.15) is 0 Å². The van der Waals surface area contributed by atoms with Gasteiger partial charge >= 0.3 is 0 Å². The Morgan fingerprint density at radius 2 is 2.00 bits per heavy atom. The molecule has 3 amide bonds. The third kappa shape index (κ3) is 3.87. The van der Waals surface area contributed by atoms with Gasteiger partial charge in [-0.1, -0.05) is 12.1 Å². The van der Waals surface area contributed by atoms with Crippen LogP contribution in [0.5, 0.6) is 5.75 Å². The second-order valence-electron chi connectivity index (χ2n) is 6.29. The van der Waals surface area contributed by atoms with E-state index < -0.39 is 11.1 Å². The molecule has 1 N–H and O–H groups in total. The molecule has 25 heavy (non-hydrogen) atoms. The fourth-order valence-corrected chi connectivity index (χ4v) is 3.89. The lowest BCUT2D eigenvalue weighted by atomic mass is 10.0. The van der Waals surface area contributed by atoms with Gasteiger partial charge < -0.3 is 10.0 Å². The molecule has 6 nitrogen and oxygen atoms in total. The fourth-order valence-electron chi connectivity index (χ4n) is 3.05. The minimum absolute atomic E-state index is 0.131. The summed E-state index contributed by atoms with van der Waals surface area (Å²) in [7, 11) is 0. The van der Waals surface area contributed by atoms with Gasteiger partial charge in [-0.15, -0.1) is 0 Å². The first-order chi connectivity index (χ1) is 12.0. The van der Waals surface area contributed by atoms with Gasteiger partial charge in [0.2, 0.25) is 5.91 Å². The molecule has 1 aromatic carbocycles. The molecule has 0 spiro atoms. The molecule has 2 heterocycles. The molecule has 0 saturated carbocycles. The molecule has 3 rings (SSSR count). The summed E-state index contributed by atoms with van der Waals surface area (Å²) in [5, 5.41) is 8.88. The second kappa shape index (κ2) is 7.31. The largest absolute Gasteiger partial charge is 0.508 e. The Labute approximate surface area is 150 Å². The number of hydrogen-bond acceptors (Lipinski definition) is 5. The number of phenols is 1. The third-order valence-electron chi connectivity index (χ3n) is 4.48. The van der Waals surface area contributed by atoms with Crippen LogP contribution in [-0.2, 0) is 9.59 Å². The van der Waals surface area contributed by atoms with E-state index in [-0.39, 0.29) is 29.1 Å². The molecule has 0 aromatic heterocycles. The van der Waals surface area contributed by atoms with Crippen LogP contribution in [0.1, 0.15) is 31.7 Å². The molecule has 1 aromatic rings. The maximum Gasteiger partial charge on any atom is 0.294 e. The van der Waals surface area contributed by atoms with Crippen molar-refractivity contribution in [3.63, 3.8) is 0 Å². The number of phenolic OH excluding ortho intramolecular Hbond substituents is 1. The number of amides is 3. The van der Waals surface area contributed by atoms with E-state index in [1.54, 1.807) is 23.1 Å². The highest BCUT2D eigenvalue weighted by Crippen LogP contribution is 2.32. The number of carbonyl (C=O) groups is 3. The standard InChI is InChI=1S/C18H20N2O4S/c1-12-4-2-3-9-19(12)16(22)11-20-17(23)15(25-18(20)24)10-13-5-7-14(21)8-6-13/h5-8,10,12,21H,2-4,9,11H2,1H3/b15-10-/t12-/m1/s1. The van der Waals surface area contributed by atoms with E-state index in [0.29, 0.717) is 12.1 Å². The van der Waals surface area contributed by atoms with Gasteiger partial charge in [0.25, 0.3) is 11.1 Å². The molecule has 2 aliphatic rings. The summed E-state index contributed by atoms with van der Waals surface area (Å²) in [6, 6.07) is 6.48. The molecule has 7 heteroatoms. The lowest BCUT2D eigenvalue weighted by Gasteiger charge is -2.34. The van der Waals surface area contributed by atoms with E-state index in [4.69, 9.17) is 0 Å². The SMILES string of the molecule is C[C@@H]1CCCCN1C(=O)CN1C(=O)S/C(=C\c2ccc(O)cc2)C1=O. The predicted molar refractivity (Wildman–Crippen MR) is 95.8 cm³/mol. The van der Waals surface area contributed by atoms with Gasteiger partial charge in [0, 0.05) is 12.6 Å². The number of hydrogen-bond donors (Lipinski definition) is 1. The maximum absolute atomic E-state index is 12.5. The van der Waals surface area contributed by atoms with Gasteiger partial charge in [-0.05, 0) is 61.7 Å². The van der Waals surface area contributed by atoms with Crippen molar-refractivity contribution >= 4 is 34.9 Å². The Kier molecular flexibility index (Phi) is 5.13. The topological polar surface area (TPSA) is 77.9 Å². The molecule has 0 unspecified atom stereocenters. The highest BCUT2D eigenvalue weighted by atomic mass is 32.2. The minimum atomic E-state index is -0.443. The number of carbonyl (C=O) groups excluding carboxylic acids is 3. The maximum atomic E-state index is 12.5. The monoisotopic (exact) mass is 360 g/mol. The molecular formula is C18H20N2O4S. The van der Waals surface area contributed by atoms with Crippen molar-refractivity contribution in [3.8, 4) is 5.75 Å². The Hall–Kier alpha value is -2.28. The van der Waals surface area contributed by atoms with Crippen LogP contribution in [0.2, 0.25) is 0 Å². The predicted octanol–water partition coefficient (Wildman–Crippen LogP) is 2.83. The third-order valence-corrected chi connectivity index (χ3v) is 5.39. The average molecular weight is 360 g/mol. The van der Waals surface area contributed by atoms with Crippen LogP contribution in [0.25, 0.3) is 6.08 Å². The molecule has 132 valence electrons. The first-order valence-electron chi connectivity index (χ1n) is 8.29. The molecule has 2 aliphatic heterocycles. The lowest BCUT2D eigenvalue weighted by molar-refractivity contribution is -0.138. The van der Waals surface area contributed by atoms with Crippen molar-refractivity contribution in [2.24, 2.45) is 0 Å². The Morgan fingerprint density at radius 1 is 1.28 bits per heavy atom. The van der Waals surface area contributed by atoms with Crippen molar-refractivity contribution in [2.75, 3.05) is 13.1 Å². The second-order valence-corrected chi connectivity index (χ2v) is 7.28. The number of benzene rings is 1. The van der Waals surface area contributed by atoms with E-state index in [9.17, 15) is 19.5 Å². The molecule has 2 saturated heterocycles. The van der Waals surface area contributed by atoms with Crippen molar-refractivity contribution in [1.29, 1.82) is 0 Å². The highest BCUT2D eigenvalue weighted by Gasteiger charge is 2.37. The molecule has 1 atom stereocenters. The number of imide groups is 1. The molecule has 0 bridgehead atoms. The first kappa shape index (κ1) is 17.5. The summed E-state index contributed by atoms with van der Waals surface area (Å²) >= 11 is 0.836. The van der Waals surface area contributed by atoms with Gasteiger partial charge in [-0.3, -0.25) is 19.3 Å². The highest BCUT2D eigenvalue weighted by molar-refractivity contribution is 8.18. The van der Waals surface area contributed by atoms with Crippen LogP contribution in [0.3, 0.4) is 0 Å². The summed E-state index contributed by atoms with van der Waals surface area (Å²) in [5.41, 5.74) is 0.708. The quantitative estimate of drug-likeness (QED) is 0.839. The van der Waals surface area contributed by atoms with E-state index in [2.05, 4.69) is 0 Å².